The van der Waals surface area contributed by atoms with E-state index in [-0.39, 0.29) is 5.91 Å². The van der Waals surface area contributed by atoms with E-state index in [4.69, 9.17) is 0 Å². The predicted molar refractivity (Wildman–Crippen MR) is 61.3 cm³/mol. The number of anilines is 1. The lowest BCUT2D eigenvalue weighted by Crippen LogP contribution is -2.39. The third kappa shape index (κ3) is 2.48. The molecular weight excluding hydrogens is 204 g/mol. The van der Waals surface area contributed by atoms with Crippen molar-refractivity contribution in [3.8, 4) is 0 Å². The fourth-order valence-corrected chi connectivity index (χ4v) is 1.54. The van der Waals surface area contributed by atoms with Crippen LogP contribution in [0.5, 0.6) is 0 Å². The molecule has 1 aromatic rings. The first kappa shape index (κ1) is 10.9. The fourth-order valence-electron chi connectivity index (χ4n) is 1.54. The minimum atomic E-state index is -0.125. The predicted octanol–water partition coefficient (Wildman–Crippen LogP) is 1.19. The Morgan fingerprint density at radius 3 is 2.75 bits per heavy atom. The highest BCUT2D eigenvalue weighted by atomic mass is 16.2. The third-order valence-electron chi connectivity index (χ3n) is 2.70. The van der Waals surface area contributed by atoms with Gasteiger partial charge in [-0.15, -0.1) is 10.2 Å². The topological polar surface area (TPSA) is 66.9 Å². The molecule has 0 spiro atoms. The van der Waals surface area contributed by atoms with Crippen molar-refractivity contribution >= 4 is 11.7 Å². The van der Waals surface area contributed by atoms with Gasteiger partial charge in [0.15, 0.2) is 5.69 Å². The number of aromatic nitrogens is 2. The molecule has 2 N–H and O–H groups in total. The molecule has 1 aliphatic carbocycles. The Balaban J connectivity index is 1.94. The summed E-state index contributed by atoms with van der Waals surface area (Å²) in [7, 11) is 0. The van der Waals surface area contributed by atoms with E-state index in [2.05, 4.69) is 20.8 Å². The first-order valence-electron chi connectivity index (χ1n) is 5.68. The number of carbonyl (C=O) groups is 1. The van der Waals surface area contributed by atoms with Crippen LogP contribution in [0.4, 0.5) is 5.82 Å². The number of nitrogens with zero attached hydrogens (tertiary/aromatic N) is 2. The number of hydrogen-bond donors (Lipinski definition) is 2. The summed E-state index contributed by atoms with van der Waals surface area (Å²) in [6, 6.07) is 3.80. The number of nitrogens with one attached hydrogen (secondary N) is 2. The van der Waals surface area contributed by atoms with Gasteiger partial charge in [0.05, 0.1) is 0 Å². The van der Waals surface area contributed by atoms with Crippen LogP contribution in [0.25, 0.3) is 0 Å². The number of rotatable bonds is 4. The number of hydrogen-bond acceptors (Lipinski definition) is 4. The van der Waals surface area contributed by atoms with Gasteiger partial charge in [-0.25, -0.2) is 0 Å². The minimum Gasteiger partial charge on any atom is -0.369 e. The Hall–Kier alpha value is -1.65. The molecule has 0 aromatic carbocycles. The van der Waals surface area contributed by atoms with Gasteiger partial charge in [0.1, 0.15) is 5.82 Å². The molecule has 5 heteroatoms. The molecule has 2 rings (SSSR count). The van der Waals surface area contributed by atoms with Crippen molar-refractivity contribution in [1.29, 1.82) is 0 Å². The summed E-state index contributed by atoms with van der Waals surface area (Å²) >= 11 is 0. The number of amides is 1. The Labute approximate surface area is 94.6 Å². The van der Waals surface area contributed by atoms with Crippen molar-refractivity contribution in [2.75, 3.05) is 11.9 Å². The first-order valence-corrected chi connectivity index (χ1v) is 5.68. The molecule has 0 bridgehead atoms. The number of carbonyl (C=O) groups excluding carboxylic acids is 1. The van der Waals surface area contributed by atoms with E-state index < -0.39 is 0 Å². The molecular formula is C11H16N4O. The van der Waals surface area contributed by atoms with Gasteiger partial charge in [-0.1, -0.05) is 0 Å². The second kappa shape index (κ2) is 4.92. The molecule has 0 unspecified atom stereocenters. The van der Waals surface area contributed by atoms with Crippen LogP contribution in [0, 0.1) is 0 Å². The normalized spacial score (nSPS) is 15.3. The summed E-state index contributed by atoms with van der Waals surface area (Å²) in [5.41, 5.74) is 0.383. The monoisotopic (exact) mass is 220 g/mol. The summed E-state index contributed by atoms with van der Waals surface area (Å²) in [5, 5.41) is 13.8. The molecule has 0 atom stereocenters. The molecule has 0 aliphatic heterocycles. The lowest BCUT2D eigenvalue weighted by Gasteiger charge is -2.25. The SMILES string of the molecule is CCNc1ccc(C(=O)NC2CCC2)nn1. The van der Waals surface area contributed by atoms with E-state index in [0.29, 0.717) is 17.6 Å². The van der Waals surface area contributed by atoms with Gasteiger partial charge < -0.3 is 10.6 Å². The van der Waals surface area contributed by atoms with Crippen LogP contribution in [0.3, 0.4) is 0 Å². The van der Waals surface area contributed by atoms with E-state index in [1.165, 1.54) is 6.42 Å². The molecule has 1 amide bonds. The molecule has 0 radical (unpaired) electrons. The van der Waals surface area contributed by atoms with Crippen molar-refractivity contribution in [3.63, 3.8) is 0 Å². The van der Waals surface area contributed by atoms with Gasteiger partial charge in [-0.3, -0.25) is 4.79 Å². The third-order valence-corrected chi connectivity index (χ3v) is 2.70. The maximum atomic E-state index is 11.7. The van der Waals surface area contributed by atoms with Crippen molar-refractivity contribution in [2.45, 2.75) is 32.2 Å². The highest BCUT2D eigenvalue weighted by Gasteiger charge is 2.20. The summed E-state index contributed by atoms with van der Waals surface area (Å²) < 4.78 is 0. The van der Waals surface area contributed by atoms with Gasteiger partial charge in [0.25, 0.3) is 5.91 Å². The van der Waals surface area contributed by atoms with Gasteiger partial charge >= 0.3 is 0 Å². The van der Waals surface area contributed by atoms with E-state index in [0.717, 1.165) is 19.4 Å². The standard InChI is InChI=1S/C11H16N4O/c1-2-12-10-7-6-9(14-15-10)11(16)13-8-4-3-5-8/h6-8H,2-5H2,1H3,(H,12,15)(H,13,16). The molecule has 1 aromatic heterocycles. The molecule has 1 heterocycles. The van der Waals surface area contributed by atoms with Crippen LogP contribution in [0.15, 0.2) is 12.1 Å². The van der Waals surface area contributed by atoms with Crippen molar-refractivity contribution in [1.82, 2.24) is 15.5 Å². The molecule has 0 saturated heterocycles. The quantitative estimate of drug-likeness (QED) is 0.800. The Morgan fingerprint density at radius 2 is 2.25 bits per heavy atom. The molecule has 16 heavy (non-hydrogen) atoms. The van der Waals surface area contributed by atoms with Crippen molar-refractivity contribution < 1.29 is 4.79 Å². The fraction of sp³-hybridized carbons (Fsp3) is 0.545. The van der Waals surface area contributed by atoms with E-state index in [1.807, 2.05) is 6.92 Å². The van der Waals surface area contributed by atoms with E-state index in [1.54, 1.807) is 12.1 Å². The Kier molecular flexibility index (Phi) is 3.34. The zero-order chi connectivity index (χ0) is 11.4. The van der Waals surface area contributed by atoms with Crippen LogP contribution in [0.1, 0.15) is 36.7 Å². The summed E-state index contributed by atoms with van der Waals surface area (Å²) in [5.74, 6) is 0.572. The zero-order valence-electron chi connectivity index (χ0n) is 9.36. The maximum absolute atomic E-state index is 11.7. The summed E-state index contributed by atoms with van der Waals surface area (Å²) in [4.78, 5) is 11.7. The van der Waals surface area contributed by atoms with Crippen molar-refractivity contribution in [3.05, 3.63) is 17.8 Å². The van der Waals surface area contributed by atoms with Gasteiger partial charge in [0, 0.05) is 12.6 Å². The van der Waals surface area contributed by atoms with Crippen molar-refractivity contribution in [2.24, 2.45) is 0 Å². The van der Waals surface area contributed by atoms with Gasteiger partial charge in [-0.05, 0) is 38.3 Å². The van der Waals surface area contributed by atoms with E-state index >= 15 is 0 Å². The molecule has 5 nitrogen and oxygen atoms in total. The van der Waals surface area contributed by atoms with E-state index in [9.17, 15) is 4.79 Å². The first-order chi connectivity index (χ1) is 7.79. The molecule has 86 valence electrons. The van der Waals surface area contributed by atoms with Gasteiger partial charge in [-0.2, -0.15) is 0 Å². The van der Waals surface area contributed by atoms with Crippen LogP contribution >= 0.6 is 0 Å². The highest BCUT2D eigenvalue weighted by Crippen LogP contribution is 2.18. The molecule has 1 saturated carbocycles. The maximum Gasteiger partial charge on any atom is 0.272 e. The van der Waals surface area contributed by atoms with Crippen LogP contribution in [0.2, 0.25) is 0 Å². The summed E-state index contributed by atoms with van der Waals surface area (Å²) in [6.07, 6.45) is 3.36. The van der Waals surface area contributed by atoms with Crippen LogP contribution in [-0.2, 0) is 0 Å². The lowest BCUT2D eigenvalue weighted by molar-refractivity contribution is 0.0911. The smallest absolute Gasteiger partial charge is 0.272 e. The lowest BCUT2D eigenvalue weighted by atomic mass is 9.93. The average molecular weight is 220 g/mol. The van der Waals surface area contributed by atoms with Crippen LogP contribution in [-0.4, -0.2) is 28.7 Å². The largest absolute Gasteiger partial charge is 0.369 e. The second-order valence-corrected chi connectivity index (χ2v) is 3.94. The highest BCUT2D eigenvalue weighted by molar-refractivity contribution is 5.92. The Bertz CT molecular complexity index is 359. The minimum absolute atomic E-state index is 0.125. The second-order valence-electron chi connectivity index (χ2n) is 3.94. The Morgan fingerprint density at radius 1 is 1.44 bits per heavy atom. The zero-order valence-corrected chi connectivity index (χ0v) is 9.36. The summed E-state index contributed by atoms with van der Waals surface area (Å²) in [6.45, 7) is 2.78. The molecule has 1 fully saturated rings. The molecule has 1 aliphatic rings. The van der Waals surface area contributed by atoms with Crippen LogP contribution < -0.4 is 10.6 Å². The average Bonchev–Trinajstić information content (AvgIpc) is 2.25. The van der Waals surface area contributed by atoms with Gasteiger partial charge in [0.2, 0.25) is 0 Å².